The lowest BCUT2D eigenvalue weighted by molar-refractivity contribution is -0.117. The lowest BCUT2D eigenvalue weighted by Crippen LogP contribution is -2.26. The third-order valence-electron chi connectivity index (χ3n) is 4.38. The van der Waals surface area contributed by atoms with Crippen LogP contribution in [0.3, 0.4) is 0 Å². The molecular weight excluding hydrogens is 346 g/mol. The summed E-state index contributed by atoms with van der Waals surface area (Å²) in [6.45, 7) is 0.117. The summed E-state index contributed by atoms with van der Waals surface area (Å²) in [7, 11) is 0. The Hall–Kier alpha value is -3.26. The van der Waals surface area contributed by atoms with Crippen molar-refractivity contribution in [2.45, 2.75) is 12.8 Å². The summed E-state index contributed by atoms with van der Waals surface area (Å²) in [6.07, 6.45) is 1.84. The fraction of sp³-hybridized carbons (Fsp3) is 0.263. The van der Waals surface area contributed by atoms with Gasteiger partial charge in [0.25, 0.3) is 5.91 Å². The molecule has 4 rings (SSSR count). The quantitative estimate of drug-likeness (QED) is 0.613. The zero-order valence-corrected chi connectivity index (χ0v) is 14.6. The van der Waals surface area contributed by atoms with E-state index in [9.17, 15) is 9.59 Å². The second-order valence-electron chi connectivity index (χ2n) is 6.44. The molecule has 2 amide bonds. The monoisotopic (exact) mass is 365 g/mol. The minimum atomic E-state index is -0.236. The molecule has 3 aromatic rings. The maximum atomic E-state index is 11.9. The fourth-order valence-electron chi connectivity index (χ4n) is 2.80. The van der Waals surface area contributed by atoms with Crippen LogP contribution in [0.2, 0.25) is 0 Å². The number of hydrogen-bond donors (Lipinski definition) is 3. The second-order valence-corrected chi connectivity index (χ2v) is 6.44. The van der Waals surface area contributed by atoms with E-state index < -0.39 is 0 Å². The van der Waals surface area contributed by atoms with Gasteiger partial charge in [0.1, 0.15) is 0 Å². The van der Waals surface area contributed by atoms with E-state index in [0.717, 1.165) is 24.1 Å². The van der Waals surface area contributed by atoms with Crippen molar-refractivity contribution in [1.29, 1.82) is 0 Å². The van der Waals surface area contributed by atoms with E-state index in [4.69, 9.17) is 5.11 Å². The molecule has 0 saturated heterocycles. The topological polar surface area (TPSA) is 109 Å². The molecule has 1 saturated carbocycles. The molecule has 1 aliphatic carbocycles. The van der Waals surface area contributed by atoms with Crippen LogP contribution in [0.5, 0.6) is 0 Å². The van der Waals surface area contributed by atoms with E-state index in [0.29, 0.717) is 17.2 Å². The van der Waals surface area contributed by atoms with Crippen molar-refractivity contribution in [3.8, 4) is 11.3 Å². The highest BCUT2D eigenvalue weighted by Crippen LogP contribution is 2.30. The summed E-state index contributed by atoms with van der Waals surface area (Å²) in [5.41, 5.74) is 2.80. The number of aliphatic hydroxyl groups excluding tert-OH is 1. The maximum absolute atomic E-state index is 11.9. The Balaban J connectivity index is 1.60. The zero-order chi connectivity index (χ0) is 18.8. The van der Waals surface area contributed by atoms with Crippen molar-refractivity contribution >= 4 is 23.4 Å². The highest BCUT2D eigenvalue weighted by atomic mass is 16.3. The Labute approximate surface area is 155 Å². The number of benzene rings is 1. The molecule has 1 aromatic carbocycles. The molecule has 0 aliphatic heterocycles. The van der Waals surface area contributed by atoms with Crippen LogP contribution in [0, 0.1) is 5.92 Å². The Morgan fingerprint density at radius 2 is 1.93 bits per heavy atom. The standard InChI is InChI=1S/C19H19N5O3/c25-11-10-20-17(26)13-6-4-12(5-7-13)15-2-1-3-16-21-19(23-24(15)16)22-18(27)14-8-9-14/h1-7,14,25H,8-11H2,(H,20,26)(H,22,23,27). The molecule has 2 heterocycles. The number of aliphatic hydroxyl groups is 1. The van der Waals surface area contributed by atoms with Crippen LogP contribution in [-0.4, -0.2) is 44.7 Å². The van der Waals surface area contributed by atoms with E-state index in [1.807, 2.05) is 30.3 Å². The van der Waals surface area contributed by atoms with Crippen molar-refractivity contribution in [2.24, 2.45) is 5.92 Å². The molecule has 0 atom stereocenters. The van der Waals surface area contributed by atoms with Gasteiger partial charge in [-0.25, -0.2) is 4.52 Å². The fourth-order valence-corrected chi connectivity index (χ4v) is 2.80. The Kier molecular flexibility index (Phi) is 4.55. The third kappa shape index (κ3) is 3.65. The molecule has 3 N–H and O–H groups in total. The van der Waals surface area contributed by atoms with Gasteiger partial charge in [0.05, 0.1) is 12.3 Å². The van der Waals surface area contributed by atoms with Crippen molar-refractivity contribution in [2.75, 3.05) is 18.5 Å². The number of hydrogen-bond acceptors (Lipinski definition) is 5. The molecule has 8 heteroatoms. The third-order valence-corrected chi connectivity index (χ3v) is 4.38. The molecule has 1 aliphatic rings. The summed E-state index contributed by atoms with van der Waals surface area (Å²) in [5.74, 6) is 0.102. The summed E-state index contributed by atoms with van der Waals surface area (Å²) in [6, 6.07) is 12.7. The average molecular weight is 365 g/mol. The number of amides is 2. The number of pyridine rings is 1. The van der Waals surface area contributed by atoms with Crippen LogP contribution in [0.15, 0.2) is 42.5 Å². The normalized spacial score (nSPS) is 13.5. The minimum Gasteiger partial charge on any atom is -0.395 e. The summed E-state index contributed by atoms with van der Waals surface area (Å²) < 4.78 is 1.67. The number of carbonyl (C=O) groups excluding carboxylic acids is 2. The molecule has 8 nitrogen and oxygen atoms in total. The van der Waals surface area contributed by atoms with Gasteiger partial charge in [-0.2, -0.15) is 4.98 Å². The maximum Gasteiger partial charge on any atom is 0.251 e. The number of anilines is 1. The van der Waals surface area contributed by atoms with Gasteiger partial charge in [-0.05, 0) is 37.1 Å². The van der Waals surface area contributed by atoms with Crippen LogP contribution in [0.1, 0.15) is 23.2 Å². The SMILES string of the molecule is O=C(NCCO)c1ccc(-c2cccc3nc(NC(=O)C4CC4)nn23)cc1. The van der Waals surface area contributed by atoms with E-state index in [-0.39, 0.29) is 30.9 Å². The van der Waals surface area contributed by atoms with Crippen LogP contribution in [0.4, 0.5) is 5.95 Å². The van der Waals surface area contributed by atoms with Crippen LogP contribution < -0.4 is 10.6 Å². The first kappa shape index (κ1) is 17.2. The molecule has 0 radical (unpaired) electrons. The average Bonchev–Trinajstić information content (AvgIpc) is 3.46. The minimum absolute atomic E-state index is 0.0364. The van der Waals surface area contributed by atoms with E-state index >= 15 is 0 Å². The van der Waals surface area contributed by atoms with Crippen LogP contribution >= 0.6 is 0 Å². The summed E-state index contributed by atoms with van der Waals surface area (Å²) in [4.78, 5) is 28.2. The largest absolute Gasteiger partial charge is 0.395 e. The predicted octanol–water partition coefficient (Wildman–Crippen LogP) is 1.47. The highest BCUT2D eigenvalue weighted by molar-refractivity contribution is 5.94. The van der Waals surface area contributed by atoms with Gasteiger partial charge in [-0.1, -0.05) is 18.2 Å². The summed E-state index contributed by atoms with van der Waals surface area (Å²) >= 11 is 0. The van der Waals surface area contributed by atoms with Gasteiger partial charge in [0.2, 0.25) is 11.9 Å². The van der Waals surface area contributed by atoms with Crippen LogP contribution in [-0.2, 0) is 4.79 Å². The first-order valence-electron chi connectivity index (χ1n) is 8.82. The van der Waals surface area contributed by atoms with Gasteiger partial charge in [-0.15, -0.1) is 5.10 Å². The molecule has 27 heavy (non-hydrogen) atoms. The molecule has 0 spiro atoms. The second kappa shape index (κ2) is 7.16. The van der Waals surface area contributed by atoms with Gasteiger partial charge < -0.3 is 10.4 Å². The Morgan fingerprint density at radius 1 is 1.15 bits per heavy atom. The summed E-state index contributed by atoms with van der Waals surface area (Å²) in [5, 5.41) is 18.6. The molecular formula is C19H19N5O3. The van der Waals surface area contributed by atoms with Gasteiger partial charge in [0.15, 0.2) is 5.65 Å². The van der Waals surface area contributed by atoms with Crippen molar-refractivity contribution in [3.05, 3.63) is 48.0 Å². The van der Waals surface area contributed by atoms with Crippen LogP contribution in [0.25, 0.3) is 16.9 Å². The van der Waals surface area contributed by atoms with E-state index in [2.05, 4.69) is 20.7 Å². The van der Waals surface area contributed by atoms with Gasteiger partial charge in [-0.3, -0.25) is 14.9 Å². The molecule has 138 valence electrons. The lowest BCUT2D eigenvalue weighted by atomic mass is 10.1. The number of fused-ring (bicyclic) bond motifs is 1. The number of nitrogens with one attached hydrogen (secondary N) is 2. The van der Waals surface area contributed by atoms with Crippen molar-refractivity contribution in [1.82, 2.24) is 19.9 Å². The van der Waals surface area contributed by atoms with E-state index in [1.54, 1.807) is 16.6 Å². The highest BCUT2D eigenvalue weighted by Gasteiger charge is 2.30. The zero-order valence-electron chi connectivity index (χ0n) is 14.6. The molecule has 0 unspecified atom stereocenters. The van der Waals surface area contributed by atoms with Crippen molar-refractivity contribution < 1.29 is 14.7 Å². The van der Waals surface area contributed by atoms with E-state index in [1.165, 1.54) is 0 Å². The Morgan fingerprint density at radius 3 is 2.63 bits per heavy atom. The number of aromatic nitrogens is 3. The molecule has 2 aromatic heterocycles. The molecule has 0 bridgehead atoms. The predicted molar refractivity (Wildman–Crippen MR) is 99.2 cm³/mol. The van der Waals surface area contributed by atoms with Gasteiger partial charge >= 0.3 is 0 Å². The Bertz CT molecular complexity index is 992. The number of nitrogens with zero attached hydrogens (tertiary/aromatic N) is 3. The molecule has 1 fully saturated rings. The first-order valence-corrected chi connectivity index (χ1v) is 8.82. The van der Waals surface area contributed by atoms with Crippen molar-refractivity contribution in [3.63, 3.8) is 0 Å². The number of rotatable bonds is 6. The first-order chi connectivity index (χ1) is 13.2. The lowest BCUT2D eigenvalue weighted by Gasteiger charge is -2.06. The smallest absolute Gasteiger partial charge is 0.251 e. The van der Waals surface area contributed by atoms with Gasteiger partial charge in [0, 0.05) is 23.6 Å². The number of carbonyl (C=O) groups is 2.